The van der Waals surface area contributed by atoms with Gasteiger partial charge in [0.15, 0.2) is 5.13 Å². The second-order valence-corrected chi connectivity index (χ2v) is 5.14. The lowest BCUT2D eigenvalue weighted by Crippen LogP contribution is -2.19. The molecule has 0 bridgehead atoms. The minimum Gasteiger partial charge on any atom is -0.478 e. The molecule has 6 nitrogen and oxygen atoms in total. The van der Waals surface area contributed by atoms with E-state index in [2.05, 4.69) is 15.6 Å². The molecule has 20 heavy (non-hydrogen) atoms. The molecule has 104 valence electrons. The molecule has 2 rings (SSSR count). The minimum absolute atomic E-state index is 0.0523. The van der Waals surface area contributed by atoms with E-state index in [-0.39, 0.29) is 10.6 Å². The molecule has 0 unspecified atom stereocenters. The van der Waals surface area contributed by atoms with Crippen LogP contribution in [0.3, 0.4) is 0 Å². The molecule has 3 N–H and O–H groups in total. The van der Waals surface area contributed by atoms with Gasteiger partial charge >= 0.3 is 12.0 Å². The van der Waals surface area contributed by atoms with E-state index < -0.39 is 12.0 Å². The van der Waals surface area contributed by atoms with Crippen molar-refractivity contribution in [3.05, 3.63) is 39.9 Å². The van der Waals surface area contributed by atoms with E-state index >= 15 is 0 Å². The summed E-state index contributed by atoms with van der Waals surface area (Å²) >= 11 is 7.21. The average Bonchev–Trinajstić information content (AvgIpc) is 2.77. The number of aryl methyl sites for hydroxylation is 1. The van der Waals surface area contributed by atoms with Crippen LogP contribution in [0.2, 0.25) is 5.02 Å². The number of nitrogens with one attached hydrogen (secondary N) is 2. The molecule has 1 aromatic carbocycles. The van der Waals surface area contributed by atoms with Crippen LogP contribution in [-0.2, 0) is 0 Å². The van der Waals surface area contributed by atoms with Crippen molar-refractivity contribution >= 4 is 45.8 Å². The van der Waals surface area contributed by atoms with Crippen molar-refractivity contribution in [1.29, 1.82) is 0 Å². The molecule has 0 atom stereocenters. The fourth-order valence-corrected chi connectivity index (χ4v) is 2.32. The zero-order chi connectivity index (χ0) is 14.7. The molecule has 0 saturated carbocycles. The molecule has 8 heteroatoms. The van der Waals surface area contributed by atoms with E-state index in [1.165, 1.54) is 29.5 Å². The Kier molecular flexibility index (Phi) is 4.21. The topological polar surface area (TPSA) is 91.3 Å². The molecule has 2 amide bonds. The number of anilines is 2. The number of nitrogens with zero attached hydrogens (tertiary/aromatic N) is 1. The quantitative estimate of drug-likeness (QED) is 0.809. The number of amides is 2. The first-order chi connectivity index (χ1) is 9.45. The molecule has 1 heterocycles. The van der Waals surface area contributed by atoms with Gasteiger partial charge in [-0.2, -0.15) is 0 Å². The molecule has 0 aliphatic carbocycles. The first-order valence-electron chi connectivity index (χ1n) is 5.48. The van der Waals surface area contributed by atoms with Gasteiger partial charge in [-0.05, 0) is 25.1 Å². The van der Waals surface area contributed by atoms with Crippen molar-refractivity contribution < 1.29 is 14.7 Å². The number of thiazole rings is 1. The lowest BCUT2D eigenvalue weighted by molar-refractivity contribution is 0.0697. The minimum atomic E-state index is -1.08. The highest BCUT2D eigenvalue weighted by Crippen LogP contribution is 2.23. The summed E-state index contributed by atoms with van der Waals surface area (Å²) in [5.74, 6) is -1.08. The number of hydrogen-bond acceptors (Lipinski definition) is 4. The lowest BCUT2D eigenvalue weighted by Gasteiger charge is -2.07. The first-order valence-corrected chi connectivity index (χ1v) is 6.74. The van der Waals surface area contributed by atoms with Gasteiger partial charge in [-0.1, -0.05) is 11.6 Å². The van der Waals surface area contributed by atoms with Gasteiger partial charge in [-0.15, -0.1) is 11.3 Å². The first kappa shape index (κ1) is 14.3. The van der Waals surface area contributed by atoms with Crippen LogP contribution < -0.4 is 10.6 Å². The van der Waals surface area contributed by atoms with Gasteiger partial charge in [0.2, 0.25) is 0 Å². The zero-order valence-corrected chi connectivity index (χ0v) is 11.9. The van der Waals surface area contributed by atoms with Crippen molar-refractivity contribution in [2.45, 2.75) is 6.92 Å². The summed E-state index contributed by atoms with van der Waals surface area (Å²) in [6, 6.07) is 3.56. The highest BCUT2D eigenvalue weighted by atomic mass is 35.5. The van der Waals surface area contributed by atoms with E-state index in [1.807, 2.05) is 12.3 Å². The maximum Gasteiger partial charge on any atom is 0.335 e. The van der Waals surface area contributed by atoms with Crippen LogP contribution >= 0.6 is 22.9 Å². The number of aromatic nitrogens is 1. The number of hydrogen-bond donors (Lipinski definition) is 3. The van der Waals surface area contributed by atoms with Gasteiger partial charge < -0.3 is 10.4 Å². The largest absolute Gasteiger partial charge is 0.478 e. The van der Waals surface area contributed by atoms with Gasteiger partial charge in [-0.25, -0.2) is 14.6 Å². The van der Waals surface area contributed by atoms with Crippen molar-refractivity contribution in [3.8, 4) is 0 Å². The number of halogens is 1. The van der Waals surface area contributed by atoms with Gasteiger partial charge in [0, 0.05) is 5.38 Å². The van der Waals surface area contributed by atoms with Gasteiger partial charge in [-0.3, -0.25) is 5.32 Å². The van der Waals surface area contributed by atoms with E-state index in [1.54, 1.807) is 0 Å². The Morgan fingerprint density at radius 2 is 2.10 bits per heavy atom. The number of rotatable bonds is 3. The molecule has 0 aliphatic heterocycles. The summed E-state index contributed by atoms with van der Waals surface area (Å²) in [7, 11) is 0. The summed E-state index contributed by atoms with van der Waals surface area (Å²) in [5.41, 5.74) is 1.19. The Labute approximate surface area is 123 Å². The summed E-state index contributed by atoms with van der Waals surface area (Å²) < 4.78 is 0. The Hall–Kier alpha value is -2.12. The van der Waals surface area contributed by atoms with Crippen molar-refractivity contribution in [2.24, 2.45) is 0 Å². The monoisotopic (exact) mass is 311 g/mol. The number of carboxylic acid groups (broad SMARTS) is 1. The number of carboxylic acids is 1. The van der Waals surface area contributed by atoms with Crippen molar-refractivity contribution in [3.63, 3.8) is 0 Å². The third-order valence-corrected chi connectivity index (χ3v) is 3.49. The van der Waals surface area contributed by atoms with Crippen molar-refractivity contribution in [2.75, 3.05) is 10.6 Å². The van der Waals surface area contributed by atoms with Crippen LogP contribution in [0.4, 0.5) is 15.6 Å². The molecule has 2 aromatic rings. The number of aromatic carboxylic acids is 1. The van der Waals surface area contributed by atoms with E-state index in [0.717, 1.165) is 5.69 Å². The fourth-order valence-electron chi connectivity index (χ4n) is 1.41. The second kappa shape index (κ2) is 5.89. The van der Waals surface area contributed by atoms with Crippen LogP contribution in [-0.4, -0.2) is 22.1 Å². The van der Waals surface area contributed by atoms with Crippen LogP contribution in [0, 0.1) is 6.92 Å². The van der Waals surface area contributed by atoms with Crippen LogP contribution in [0.1, 0.15) is 16.1 Å². The predicted octanol–water partition coefficient (Wildman–Crippen LogP) is 3.45. The molecular formula is C12H10ClN3O3S. The van der Waals surface area contributed by atoms with Gasteiger partial charge in [0.25, 0.3) is 0 Å². The maximum atomic E-state index is 11.7. The zero-order valence-electron chi connectivity index (χ0n) is 10.3. The predicted molar refractivity (Wildman–Crippen MR) is 77.9 cm³/mol. The van der Waals surface area contributed by atoms with E-state index in [9.17, 15) is 9.59 Å². The molecule has 0 radical (unpaired) electrons. The Morgan fingerprint density at radius 1 is 1.35 bits per heavy atom. The third kappa shape index (κ3) is 3.46. The summed E-state index contributed by atoms with van der Waals surface area (Å²) in [4.78, 5) is 26.6. The van der Waals surface area contributed by atoms with Gasteiger partial charge in [0.1, 0.15) is 0 Å². The van der Waals surface area contributed by atoms with Crippen LogP contribution in [0.15, 0.2) is 23.6 Å². The van der Waals surface area contributed by atoms with E-state index in [4.69, 9.17) is 16.7 Å². The summed E-state index contributed by atoms with van der Waals surface area (Å²) in [6.07, 6.45) is 0. The molecular weight excluding hydrogens is 302 g/mol. The normalized spacial score (nSPS) is 10.1. The molecule has 0 spiro atoms. The van der Waals surface area contributed by atoms with Gasteiger partial charge in [0.05, 0.1) is 22.0 Å². The standard InChI is InChI=1S/C12H10ClN3O3S/c1-6-5-20-12(14-6)16-11(19)15-9-3-2-7(10(17)18)4-8(9)13/h2-5H,1H3,(H,17,18)(H2,14,15,16,19). The SMILES string of the molecule is Cc1csc(NC(=O)Nc2ccc(C(=O)O)cc2Cl)n1. The number of urea groups is 1. The molecule has 1 aromatic heterocycles. The smallest absolute Gasteiger partial charge is 0.335 e. The Balaban J connectivity index is 2.06. The van der Waals surface area contributed by atoms with Crippen LogP contribution in [0.25, 0.3) is 0 Å². The molecule has 0 saturated heterocycles. The van der Waals surface area contributed by atoms with Crippen LogP contribution in [0.5, 0.6) is 0 Å². The Morgan fingerprint density at radius 3 is 2.65 bits per heavy atom. The number of carbonyl (C=O) groups is 2. The second-order valence-electron chi connectivity index (χ2n) is 3.87. The fraction of sp³-hybridized carbons (Fsp3) is 0.0833. The summed E-state index contributed by atoms with van der Waals surface area (Å²) in [6.45, 7) is 1.82. The van der Waals surface area contributed by atoms with E-state index in [0.29, 0.717) is 10.8 Å². The molecule has 0 fully saturated rings. The Bertz CT molecular complexity index is 672. The maximum absolute atomic E-state index is 11.7. The highest BCUT2D eigenvalue weighted by molar-refractivity contribution is 7.13. The average molecular weight is 312 g/mol. The third-order valence-electron chi connectivity index (χ3n) is 2.30. The molecule has 0 aliphatic rings. The number of benzene rings is 1. The summed E-state index contributed by atoms with van der Waals surface area (Å²) in [5, 5.41) is 16.3. The highest BCUT2D eigenvalue weighted by Gasteiger charge is 2.10. The lowest BCUT2D eigenvalue weighted by atomic mass is 10.2. The number of carbonyl (C=O) groups excluding carboxylic acids is 1. The van der Waals surface area contributed by atoms with Crippen molar-refractivity contribution in [1.82, 2.24) is 4.98 Å².